The fourth-order valence-corrected chi connectivity index (χ4v) is 13.1. The molecule has 0 aliphatic heterocycles. The van der Waals surface area contributed by atoms with E-state index in [9.17, 15) is 8.78 Å². The van der Waals surface area contributed by atoms with Gasteiger partial charge in [-0.2, -0.15) is 46.4 Å². The van der Waals surface area contributed by atoms with Crippen LogP contribution in [0.3, 0.4) is 0 Å². The largest absolute Gasteiger partial charge is 0.371 e. The van der Waals surface area contributed by atoms with Crippen molar-refractivity contribution in [1.82, 2.24) is 39.3 Å². The minimum atomic E-state index is -1.11. The Kier molecular flexibility index (Phi) is 27.4. The maximum Gasteiger partial charge on any atom is 0.327 e. The van der Waals surface area contributed by atoms with Crippen molar-refractivity contribution in [2.24, 2.45) is 23.3 Å². The second kappa shape index (κ2) is 32.7. The summed E-state index contributed by atoms with van der Waals surface area (Å²) in [6, 6.07) is 40.6. The van der Waals surface area contributed by atoms with Crippen molar-refractivity contribution in [3.8, 4) is 28.6 Å². The molecule has 0 atom stereocenters. The van der Waals surface area contributed by atoms with Crippen LogP contribution in [0.5, 0.6) is 0 Å². The summed E-state index contributed by atoms with van der Waals surface area (Å²) in [5.41, 5.74) is 10.8. The first-order chi connectivity index (χ1) is 39.4. The smallest absolute Gasteiger partial charge is 0.327 e. The van der Waals surface area contributed by atoms with Gasteiger partial charge in [0.15, 0.2) is 5.95 Å². The van der Waals surface area contributed by atoms with Crippen LogP contribution in [-0.2, 0) is 116 Å². The maximum absolute atomic E-state index is 13.2. The molecule has 0 N–H and O–H groups in total. The van der Waals surface area contributed by atoms with Crippen LogP contribution in [0.2, 0.25) is 0 Å². The molecule has 9 nitrogen and oxygen atoms in total. The molecule has 8 aromatic rings. The molecule has 4 radical (unpaired) electrons. The van der Waals surface area contributed by atoms with E-state index in [0.29, 0.717) is 27.8 Å². The number of aromatic nitrogens is 8. The van der Waals surface area contributed by atoms with Gasteiger partial charge in [-0.05, 0) is 150 Å². The van der Waals surface area contributed by atoms with Gasteiger partial charge in [0.1, 0.15) is 0 Å². The zero-order chi connectivity index (χ0) is 57.8. The van der Waals surface area contributed by atoms with Gasteiger partial charge in [-0.1, -0.05) is 130 Å². The monoisotopic (exact) mass is 1690 g/mol. The van der Waals surface area contributed by atoms with Crippen LogP contribution < -0.4 is 0 Å². The predicted octanol–water partition coefficient (Wildman–Crippen LogP) is 17.5. The number of pyridine rings is 4. The third-order valence-corrected chi connectivity index (χ3v) is 18.2. The van der Waals surface area contributed by atoms with Crippen LogP contribution in [0, 0.1) is 59.0 Å². The molecule has 0 bridgehead atoms. The molecule has 0 unspecified atom stereocenters. The first-order valence-electron chi connectivity index (χ1n) is 29.9. The summed E-state index contributed by atoms with van der Waals surface area (Å²) in [6.45, 7) is 20.9. The minimum Gasteiger partial charge on any atom is -0.371 e. The van der Waals surface area contributed by atoms with Gasteiger partial charge in [0.25, 0.3) is 0 Å². The van der Waals surface area contributed by atoms with Gasteiger partial charge in [0.05, 0.1) is 17.5 Å². The number of halogens is 2. The number of rotatable bonds is 12. The molecule has 15 heteroatoms. The Hall–Kier alpha value is -4.64. The molecule has 4 saturated carbocycles. The molecule has 0 saturated heterocycles. The zero-order valence-electron chi connectivity index (χ0n) is 50.8. The van der Waals surface area contributed by atoms with Crippen molar-refractivity contribution in [1.29, 1.82) is 0 Å². The van der Waals surface area contributed by atoms with Crippen molar-refractivity contribution in [2.45, 2.75) is 181 Å². The maximum atomic E-state index is 13.2. The summed E-state index contributed by atoms with van der Waals surface area (Å²) in [5.74, 6) is 0.00885. The van der Waals surface area contributed by atoms with Crippen molar-refractivity contribution in [3.05, 3.63) is 203 Å². The molecule has 4 aliphatic rings. The molecular weight excluding hydrogens is 1610 g/mol. The Labute approximate surface area is 564 Å². The Bertz CT molecular complexity index is 3380. The molecule has 6 aromatic heterocycles. The van der Waals surface area contributed by atoms with Gasteiger partial charge in [-0.25, -0.2) is 4.68 Å². The van der Waals surface area contributed by atoms with E-state index >= 15 is 0 Å². The van der Waals surface area contributed by atoms with E-state index in [4.69, 9.17) is 11.6 Å². The average Bonchev–Trinajstić information content (AvgIpc) is 2.72. The van der Waals surface area contributed by atoms with Gasteiger partial charge in [-0.3, -0.25) is 24.3 Å². The van der Waals surface area contributed by atoms with Gasteiger partial charge in [-0.15, -0.1) is 42.0 Å². The van der Waals surface area contributed by atoms with E-state index in [1.54, 1.807) is 16.9 Å². The minimum absolute atomic E-state index is 0. The van der Waals surface area contributed by atoms with Crippen molar-refractivity contribution in [2.75, 3.05) is 0 Å². The number of benzene rings is 2. The van der Waals surface area contributed by atoms with Gasteiger partial charge in [0, 0.05) is 128 Å². The molecule has 4 aliphatic carbocycles. The molecular formula is C71H81F2Ir2N9Rh2-4. The van der Waals surface area contributed by atoms with Crippen LogP contribution in [0.15, 0.2) is 122 Å². The van der Waals surface area contributed by atoms with Crippen LogP contribution in [-0.4, -0.2) is 39.3 Å². The zero-order valence-corrected chi connectivity index (χ0v) is 58.9. The normalized spacial score (nSPS) is 16.7. The number of hydrogen-bond acceptors (Lipinski definition) is 6. The number of nitrogens with zero attached hydrogens (tertiary/aromatic N) is 9. The van der Waals surface area contributed by atoms with Crippen molar-refractivity contribution < 1.29 is 87.9 Å². The molecule has 86 heavy (non-hydrogen) atoms. The summed E-state index contributed by atoms with van der Waals surface area (Å²) in [5, 5.41) is 4.15. The number of imidazole rings is 1. The fourth-order valence-electron chi connectivity index (χ4n) is 13.1. The van der Waals surface area contributed by atoms with E-state index in [1.165, 1.54) is 132 Å². The van der Waals surface area contributed by atoms with Crippen molar-refractivity contribution in [3.63, 3.8) is 0 Å². The molecule has 12 rings (SSSR count). The summed E-state index contributed by atoms with van der Waals surface area (Å²) in [4.78, 5) is 24.8. The SMILES string of the molecule is CC1(Cc2ccc(C(C)(C)c3[c-]cccc3)nc2)CCCC1.CC1(Cc2ccnc(-c3[c-]cc(F)c(F)n3)c2)CCCC1.Cn1c(CC2(C)CCCC2)cnc1-c1[c-]cccc1.[C-]#[N+]c1c[c-]n(-c2cc(C3(C)CCCCC3)ccn2)n1.[Ir].[Ir].[Rh].[Rh]. The second-order valence-electron chi connectivity index (χ2n) is 25.6. The fraction of sp³-hybridized carbons (Fsp3) is 0.451. The van der Waals surface area contributed by atoms with E-state index in [2.05, 4.69) is 156 Å². The van der Waals surface area contributed by atoms with E-state index in [1.807, 2.05) is 54.9 Å². The third-order valence-electron chi connectivity index (χ3n) is 18.2. The van der Waals surface area contributed by atoms with Gasteiger partial charge >= 0.3 is 5.82 Å². The first-order valence-corrected chi connectivity index (χ1v) is 29.9. The Morgan fingerprint density at radius 1 is 0.628 bits per heavy atom. The second-order valence-corrected chi connectivity index (χ2v) is 25.6. The van der Waals surface area contributed by atoms with E-state index in [-0.39, 0.29) is 95.7 Å². The van der Waals surface area contributed by atoms with E-state index < -0.39 is 11.8 Å². The predicted molar refractivity (Wildman–Crippen MR) is 323 cm³/mol. The summed E-state index contributed by atoms with van der Waals surface area (Å²) >= 11 is 0. The standard InChI is InChI=1S/C21H26N.C17H17F2N2.C17H21N2.C16H17N4.2Ir.2Rh/c1-20(2,18-9-5-4-6-10-18)19-12-11-17(16-22-19)15-21(3)13-7-8-14-21;1-17(7-2-3-8-17)11-12-6-9-20-15(10-12)14-5-4-13(18)16(19)21-14;1-17(10-6-7-11-17)12-15-13-18-16(19(15)2)14-8-4-3-5-9-14;1-16(8-4-3-5-9-16)13-6-10-18-15(12-13)20-11-7-14(17-2)19-20;;;;/h4-6,9,11-12,16H,7-8,13-15H2,1-3H3;4,6,9-10H,2-3,7-8,11H2,1H3;3-5,8,13H,6-7,10-12H2,1-2H3;6-7,10,12H,3-5,8-9H2,1H3;;;;/q4*-1;;;;. The Morgan fingerprint density at radius 3 is 1.80 bits per heavy atom. The van der Waals surface area contributed by atoms with Gasteiger partial charge in [0.2, 0.25) is 0 Å². The van der Waals surface area contributed by atoms with Crippen LogP contribution in [0.25, 0.3) is 33.4 Å². The molecule has 6 heterocycles. The summed E-state index contributed by atoms with van der Waals surface area (Å²) in [7, 11) is 2.12. The van der Waals surface area contributed by atoms with Crippen LogP contribution in [0.1, 0.15) is 184 Å². The summed E-state index contributed by atoms with van der Waals surface area (Å²) < 4.78 is 29.9. The molecule has 4 fully saturated rings. The molecule has 0 amide bonds. The molecule has 2 aromatic carbocycles. The van der Waals surface area contributed by atoms with Crippen molar-refractivity contribution >= 4 is 5.82 Å². The number of hydrogen-bond donors (Lipinski definition) is 0. The molecule has 464 valence electrons. The van der Waals surface area contributed by atoms with Gasteiger partial charge < -0.3 is 14.4 Å². The third kappa shape index (κ3) is 18.9. The van der Waals surface area contributed by atoms with Crippen LogP contribution in [0.4, 0.5) is 14.6 Å². The Morgan fingerprint density at radius 2 is 1.23 bits per heavy atom. The quantitative estimate of drug-likeness (QED) is 0.0687. The molecule has 0 spiro atoms. The Balaban J connectivity index is 0.000000206. The first kappa shape index (κ1) is 72.1. The van der Waals surface area contributed by atoms with E-state index in [0.717, 1.165) is 53.8 Å². The average molecular weight is 1690 g/mol. The summed E-state index contributed by atoms with van der Waals surface area (Å²) in [6.07, 6.45) is 36.3. The van der Waals surface area contributed by atoms with Crippen LogP contribution >= 0.6 is 0 Å². The topological polar surface area (TPSA) is 91.6 Å².